The molecule has 0 saturated heterocycles. The lowest BCUT2D eigenvalue weighted by atomic mass is 10.0. The highest BCUT2D eigenvalue weighted by Gasteiger charge is 2.21. The van der Waals surface area contributed by atoms with E-state index in [1.807, 2.05) is 29.1 Å². The third kappa shape index (κ3) is 3.73. The van der Waals surface area contributed by atoms with Crippen LogP contribution in [0.15, 0.2) is 51.9 Å². The lowest BCUT2D eigenvalue weighted by Gasteiger charge is -2.20. The molecule has 0 spiro atoms. The molecule has 126 valence electrons. The summed E-state index contributed by atoms with van der Waals surface area (Å²) >= 11 is 0. The van der Waals surface area contributed by atoms with Crippen LogP contribution in [0.5, 0.6) is 0 Å². The summed E-state index contributed by atoms with van der Waals surface area (Å²) in [6, 6.07) is 7.06. The number of carbonyl (C=O) groups is 1. The molecule has 0 fully saturated rings. The molecule has 0 radical (unpaired) electrons. The van der Waals surface area contributed by atoms with Crippen molar-refractivity contribution in [1.29, 1.82) is 0 Å². The van der Waals surface area contributed by atoms with Crippen molar-refractivity contribution in [2.75, 3.05) is 0 Å². The van der Waals surface area contributed by atoms with Gasteiger partial charge in [-0.2, -0.15) is 4.98 Å². The lowest BCUT2D eigenvalue weighted by Crippen LogP contribution is -2.32. The van der Waals surface area contributed by atoms with Gasteiger partial charge in [-0.05, 0) is 36.6 Å². The van der Waals surface area contributed by atoms with Gasteiger partial charge in [-0.25, -0.2) is 0 Å². The van der Waals surface area contributed by atoms with Gasteiger partial charge in [0.2, 0.25) is 17.6 Å². The molecule has 0 aliphatic rings. The minimum atomic E-state index is -0.257. The highest BCUT2D eigenvalue weighted by atomic mass is 16.5. The van der Waals surface area contributed by atoms with Gasteiger partial charge in [0.15, 0.2) is 5.76 Å². The van der Waals surface area contributed by atoms with E-state index in [1.165, 1.54) is 0 Å². The zero-order valence-corrected chi connectivity index (χ0v) is 13.7. The van der Waals surface area contributed by atoms with E-state index in [1.54, 1.807) is 18.4 Å². The number of aromatic nitrogens is 3. The zero-order valence-electron chi connectivity index (χ0n) is 13.7. The van der Waals surface area contributed by atoms with Crippen LogP contribution in [0.2, 0.25) is 0 Å². The summed E-state index contributed by atoms with van der Waals surface area (Å²) in [6.45, 7) is 4.37. The molecule has 1 atom stereocenters. The summed E-state index contributed by atoms with van der Waals surface area (Å²) in [4.78, 5) is 16.8. The van der Waals surface area contributed by atoms with Crippen molar-refractivity contribution in [3.8, 4) is 11.6 Å². The highest BCUT2D eigenvalue weighted by molar-refractivity contribution is 5.80. The van der Waals surface area contributed by atoms with Crippen LogP contribution < -0.4 is 5.32 Å². The molecule has 7 heteroatoms. The van der Waals surface area contributed by atoms with Crippen molar-refractivity contribution in [3.05, 3.63) is 48.8 Å². The average molecular weight is 328 g/mol. The molecule has 0 aliphatic heterocycles. The lowest BCUT2D eigenvalue weighted by molar-refractivity contribution is -0.125. The number of hydrogen-bond donors (Lipinski definition) is 1. The van der Waals surface area contributed by atoms with Crippen molar-refractivity contribution in [1.82, 2.24) is 20.0 Å². The van der Waals surface area contributed by atoms with Crippen molar-refractivity contribution >= 4 is 5.91 Å². The maximum Gasteiger partial charge on any atom is 0.246 e. The Labute approximate surface area is 139 Å². The van der Waals surface area contributed by atoms with Gasteiger partial charge in [0.1, 0.15) is 6.04 Å². The van der Waals surface area contributed by atoms with Crippen LogP contribution in [0.25, 0.3) is 11.6 Å². The van der Waals surface area contributed by atoms with E-state index >= 15 is 0 Å². The first-order valence-electron chi connectivity index (χ1n) is 7.90. The maximum atomic E-state index is 12.5. The monoisotopic (exact) mass is 328 g/mol. The Morgan fingerprint density at radius 1 is 1.29 bits per heavy atom. The Bertz CT molecular complexity index is 760. The fraction of sp³-hybridized carbons (Fsp3) is 0.353. The van der Waals surface area contributed by atoms with Gasteiger partial charge in [0, 0.05) is 12.4 Å². The van der Waals surface area contributed by atoms with E-state index in [4.69, 9.17) is 8.94 Å². The molecule has 3 aromatic heterocycles. The Hall–Kier alpha value is -2.83. The van der Waals surface area contributed by atoms with Crippen molar-refractivity contribution in [2.24, 2.45) is 5.92 Å². The van der Waals surface area contributed by atoms with E-state index in [9.17, 15) is 4.79 Å². The second-order valence-corrected chi connectivity index (χ2v) is 5.98. The van der Waals surface area contributed by atoms with Gasteiger partial charge < -0.3 is 18.8 Å². The predicted molar refractivity (Wildman–Crippen MR) is 86.8 cm³/mol. The van der Waals surface area contributed by atoms with Gasteiger partial charge in [-0.1, -0.05) is 19.0 Å². The summed E-state index contributed by atoms with van der Waals surface area (Å²) in [7, 11) is 0. The van der Waals surface area contributed by atoms with E-state index < -0.39 is 0 Å². The Morgan fingerprint density at radius 3 is 2.75 bits per heavy atom. The van der Waals surface area contributed by atoms with Crippen LogP contribution in [0.4, 0.5) is 0 Å². The van der Waals surface area contributed by atoms with Crippen LogP contribution in [-0.2, 0) is 11.3 Å². The molecular weight excluding hydrogens is 308 g/mol. The molecule has 24 heavy (non-hydrogen) atoms. The quantitative estimate of drug-likeness (QED) is 0.720. The number of nitrogens with zero attached hydrogens (tertiary/aromatic N) is 3. The highest BCUT2D eigenvalue weighted by Crippen LogP contribution is 2.19. The minimum Gasteiger partial charge on any atom is -0.461 e. The molecule has 3 heterocycles. The number of carbonyl (C=O) groups excluding carboxylic acids is 1. The molecule has 1 N–H and O–H groups in total. The molecular formula is C17H20N4O3. The van der Waals surface area contributed by atoms with Crippen LogP contribution in [0.3, 0.4) is 0 Å². The first kappa shape index (κ1) is 16.0. The molecule has 0 aromatic carbocycles. The van der Waals surface area contributed by atoms with Crippen molar-refractivity contribution in [3.63, 3.8) is 0 Å². The summed E-state index contributed by atoms with van der Waals surface area (Å²) in [5.74, 6) is 1.56. The van der Waals surface area contributed by atoms with Crippen molar-refractivity contribution < 1.29 is 13.7 Å². The fourth-order valence-corrected chi connectivity index (χ4v) is 2.48. The van der Waals surface area contributed by atoms with E-state index in [2.05, 4.69) is 29.3 Å². The standard InChI is InChI=1S/C17H20N4O3/c1-12(2)10-13(21-7-3-4-8-21)17(22)18-11-15-19-16(20-24-15)14-6-5-9-23-14/h3-9,12-13H,10-11H2,1-2H3,(H,18,22)/t13-/m0/s1. The number of rotatable bonds is 7. The third-order valence-corrected chi connectivity index (χ3v) is 3.61. The molecule has 3 rings (SSSR count). The number of hydrogen-bond acceptors (Lipinski definition) is 5. The minimum absolute atomic E-state index is 0.0716. The molecule has 0 bridgehead atoms. The van der Waals surface area contributed by atoms with Crippen LogP contribution in [0.1, 0.15) is 32.2 Å². The molecule has 3 aromatic rings. The molecule has 0 unspecified atom stereocenters. The number of nitrogens with one attached hydrogen (secondary N) is 1. The Morgan fingerprint density at radius 2 is 2.08 bits per heavy atom. The van der Waals surface area contributed by atoms with Gasteiger partial charge in [-0.3, -0.25) is 4.79 Å². The Balaban J connectivity index is 1.63. The van der Waals surface area contributed by atoms with Crippen LogP contribution in [-0.4, -0.2) is 20.6 Å². The van der Waals surface area contributed by atoms with Crippen LogP contribution in [0, 0.1) is 5.92 Å². The molecule has 7 nitrogen and oxygen atoms in total. The second-order valence-electron chi connectivity index (χ2n) is 5.98. The maximum absolute atomic E-state index is 12.5. The first-order chi connectivity index (χ1) is 11.6. The Kier molecular flexibility index (Phi) is 4.79. The normalized spacial score (nSPS) is 12.5. The summed E-state index contributed by atoms with van der Waals surface area (Å²) < 4.78 is 12.3. The van der Waals surface area contributed by atoms with Gasteiger partial charge in [0.05, 0.1) is 12.8 Å². The van der Waals surface area contributed by atoms with Crippen LogP contribution >= 0.6 is 0 Å². The molecule has 1 amide bonds. The van der Waals surface area contributed by atoms with Crippen molar-refractivity contribution in [2.45, 2.75) is 32.9 Å². The van der Waals surface area contributed by atoms with Gasteiger partial charge >= 0.3 is 0 Å². The summed E-state index contributed by atoms with van der Waals surface area (Å²) in [5, 5.41) is 6.71. The van der Waals surface area contributed by atoms with E-state index in [-0.39, 0.29) is 18.5 Å². The molecule has 0 saturated carbocycles. The number of amides is 1. The van der Waals surface area contributed by atoms with E-state index in [0.29, 0.717) is 23.4 Å². The zero-order chi connectivity index (χ0) is 16.9. The fourth-order valence-electron chi connectivity index (χ4n) is 2.48. The summed E-state index contributed by atoms with van der Waals surface area (Å²) in [5.41, 5.74) is 0. The number of furan rings is 1. The predicted octanol–water partition coefficient (Wildman–Crippen LogP) is 3.03. The average Bonchev–Trinajstić information content (AvgIpc) is 3.32. The van der Waals surface area contributed by atoms with Gasteiger partial charge in [0.25, 0.3) is 0 Å². The largest absolute Gasteiger partial charge is 0.461 e. The van der Waals surface area contributed by atoms with Gasteiger partial charge in [-0.15, -0.1) is 0 Å². The third-order valence-electron chi connectivity index (χ3n) is 3.61. The topological polar surface area (TPSA) is 86.1 Å². The smallest absolute Gasteiger partial charge is 0.246 e. The SMILES string of the molecule is CC(C)C[C@@H](C(=O)NCc1nc(-c2ccco2)no1)n1cccc1. The molecule has 0 aliphatic carbocycles. The first-order valence-corrected chi connectivity index (χ1v) is 7.90. The van der Waals surface area contributed by atoms with E-state index in [0.717, 1.165) is 6.42 Å². The second kappa shape index (κ2) is 7.16. The summed E-state index contributed by atoms with van der Waals surface area (Å²) in [6.07, 6.45) is 6.09.